The molecular weight excluding hydrogens is 416 g/mol. The molecule has 1 N–H and O–H groups in total. The molecule has 3 rings (SSSR count). The van der Waals surface area contributed by atoms with Crippen LogP contribution >= 0.6 is 34.9 Å². The molecule has 1 atom stereocenters. The Morgan fingerprint density at radius 1 is 1.25 bits per heavy atom. The first-order chi connectivity index (χ1) is 13.5. The summed E-state index contributed by atoms with van der Waals surface area (Å²) in [5.41, 5.74) is 1.86. The fraction of sp³-hybridized carbons (Fsp3) is 0.333. The number of esters is 1. The summed E-state index contributed by atoms with van der Waals surface area (Å²) in [4.78, 5) is 26.6. The van der Waals surface area contributed by atoms with Crippen LogP contribution in [-0.4, -0.2) is 52.8 Å². The normalized spacial score (nSPS) is 16.9. The van der Waals surface area contributed by atoms with Gasteiger partial charge in [-0.15, -0.1) is 10.2 Å². The number of amides is 2. The molecule has 28 heavy (non-hydrogen) atoms. The van der Waals surface area contributed by atoms with Gasteiger partial charge in [-0.05, 0) is 11.3 Å². The van der Waals surface area contributed by atoms with E-state index in [-0.39, 0.29) is 6.03 Å². The Morgan fingerprint density at radius 2 is 1.93 bits per heavy atom. The summed E-state index contributed by atoms with van der Waals surface area (Å²) >= 11 is 4.60. The lowest BCUT2D eigenvalue weighted by atomic mass is 9.95. The van der Waals surface area contributed by atoms with Gasteiger partial charge in [0, 0.05) is 18.5 Å². The molecule has 148 valence electrons. The standard InChI is InChI=1S/C18H20N4O3S3/c1-4-26-17-20-21-18(28-17)27-10-12-13(15(23)25-3)14(19-16(24)22(12)2)11-8-6-5-7-9-11/h5-9,14H,4,10H2,1-3H3,(H,19,24). The van der Waals surface area contributed by atoms with Crippen LogP contribution in [0.3, 0.4) is 0 Å². The van der Waals surface area contributed by atoms with Crippen molar-refractivity contribution in [2.24, 2.45) is 0 Å². The van der Waals surface area contributed by atoms with Gasteiger partial charge in [0.1, 0.15) is 0 Å². The van der Waals surface area contributed by atoms with Crippen molar-refractivity contribution in [1.82, 2.24) is 20.4 Å². The molecule has 2 amide bonds. The van der Waals surface area contributed by atoms with E-state index in [9.17, 15) is 9.59 Å². The van der Waals surface area contributed by atoms with Gasteiger partial charge in [0.25, 0.3) is 0 Å². The lowest BCUT2D eigenvalue weighted by molar-refractivity contribution is -0.136. The number of nitrogens with zero attached hydrogens (tertiary/aromatic N) is 3. The van der Waals surface area contributed by atoms with E-state index in [1.54, 1.807) is 18.8 Å². The number of benzene rings is 1. The molecule has 10 heteroatoms. The van der Waals surface area contributed by atoms with Gasteiger partial charge in [0.2, 0.25) is 0 Å². The Bertz CT molecular complexity index is 885. The molecule has 1 aliphatic heterocycles. The molecule has 0 saturated heterocycles. The van der Waals surface area contributed by atoms with Crippen LogP contribution in [-0.2, 0) is 9.53 Å². The maximum absolute atomic E-state index is 12.6. The molecule has 0 fully saturated rings. The molecule has 2 heterocycles. The first kappa shape index (κ1) is 20.7. The van der Waals surface area contributed by atoms with Crippen molar-refractivity contribution in [2.45, 2.75) is 21.6 Å². The van der Waals surface area contributed by atoms with Gasteiger partial charge < -0.3 is 10.1 Å². The Kier molecular flexibility index (Phi) is 6.97. The third kappa shape index (κ3) is 4.50. The van der Waals surface area contributed by atoms with Crippen LogP contribution in [0.5, 0.6) is 0 Å². The third-order valence-corrected chi connectivity index (χ3v) is 7.19. The van der Waals surface area contributed by atoms with Crippen LogP contribution in [0.25, 0.3) is 0 Å². The number of methoxy groups -OCH3 is 1. The summed E-state index contributed by atoms with van der Waals surface area (Å²) in [6.45, 7) is 2.06. The molecule has 0 bridgehead atoms. The SMILES string of the molecule is CCSc1nnc(SCC2=C(C(=O)OC)C(c3ccccc3)NC(=O)N2C)s1. The summed E-state index contributed by atoms with van der Waals surface area (Å²) in [5.74, 6) is 0.873. The predicted molar refractivity (Wildman–Crippen MR) is 112 cm³/mol. The Balaban J connectivity index is 1.94. The number of carbonyl (C=O) groups is 2. The maximum Gasteiger partial charge on any atom is 0.338 e. The van der Waals surface area contributed by atoms with Crippen molar-refractivity contribution in [3.63, 3.8) is 0 Å². The largest absolute Gasteiger partial charge is 0.466 e. The second kappa shape index (κ2) is 9.44. The lowest BCUT2D eigenvalue weighted by Gasteiger charge is -2.34. The second-order valence-electron chi connectivity index (χ2n) is 5.76. The molecule has 1 aromatic carbocycles. The average molecular weight is 437 g/mol. The van der Waals surface area contributed by atoms with Gasteiger partial charge in [-0.3, -0.25) is 4.90 Å². The molecule has 1 aromatic heterocycles. The van der Waals surface area contributed by atoms with Crippen LogP contribution < -0.4 is 5.32 Å². The van der Waals surface area contributed by atoms with Gasteiger partial charge in [0.05, 0.1) is 18.7 Å². The highest BCUT2D eigenvalue weighted by atomic mass is 32.2. The molecular formula is C18H20N4O3S3. The number of ether oxygens (including phenoxy) is 1. The number of nitrogens with one attached hydrogen (secondary N) is 1. The zero-order valence-corrected chi connectivity index (χ0v) is 18.1. The summed E-state index contributed by atoms with van der Waals surface area (Å²) in [7, 11) is 2.99. The summed E-state index contributed by atoms with van der Waals surface area (Å²) in [5, 5.41) is 11.2. The molecule has 2 aromatic rings. The fourth-order valence-electron chi connectivity index (χ4n) is 2.75. The van der Waals surface area contributed by atoms with E-state index in [1.165, 1.54) is 35.1 Å². The predicted octanol–water partition coefficient (Wildman–Crippen LogP) is 3.57. The number of urea groups is 1. The van der Waals surface area contributed by atoms with Gasteiger partial charge in [-0.25, -0.2) is 9.59 Å². The number of aromatic nitrogens is 2. The number of thioether (sulfide) groups is 2. The van der Waals surface area contributed by atoms with Gasteiger partial charge in [-0.1, -0.05) is 72.1 Å². The molecule has 7 nitrogen and oxygen atoms in total. The van der Waals surface area contributed by atoms with Crippen molar-refractivity contribution >= 4 is 46.9 Å². The minimum Gasteiger partial charge on any atom is -0.466 e. The van der Waals surface area contributed by atoms with Crippen molar-refractivity contribution in [1.29, 1.82) is 0 Å². The summed E-state index contributed by atoms with van der Waals surface area (Å²) in [6.07, 6.45) is 0. The minimum atomic E-state index is -0.562. The van der Waals surface area contributed by atoms with E-state index >= 15 is 0 Å². The van der Waals surface area contributed by atoms with Crippen LogP contribution in [0.2, 0.25) is 0 Å². The van der Waals surface area contributed by atoms with E-state index in [0.717, 1.165) is 20.0 Å². The van der Waals surface area contributed by atoms with E-state index < -0.39 is 12.0 Å². The molecule has 0 saturated carbocycles. The zero-order valence-electron chi connectivity index (χ0n) is 15.7. The average Bonchev–Trinajstić information content (AvgIpc) is 3.16. The number of carbonyl (C=O) groups excluding carboxylic acids is 2. The van der Waals surface area contributed by atoms with Crippen molar-refractivity contribution in [3.05, 3.63) is 47.2 Å². The van der Waals surface area contributed by atoms with Gasteiger partial charge in [-0.2, -0.15) is 0 Å². The topological polar surface area (TPSA) is 84.4 Å². The summed E-state index contributed by atoms with van der Waals surface area (Å²) in [6, 6.07) is 8.56. The highest BCUT2D eigenvalue weighted by molar-refractivity contribution is 8.03. The highest BCUT2D eigenvalue weighted by Crippen LogP contribution is 2.35. The summed E-state index contributed by atoms with van der Waals surface area (Å²) < 4.78 is 6.73. The first-order valence-corrected chi connectivity index (χ1v) is 11.3. The number of hydrogen-bond acceptors (Lipinski definition) is 8. The van der Waals surface area contributed by atoms with Gasteiger partial charge >= 0.3 is 12.0 Å². The number of rotatable bonds is 7. The lowest BCUT2D eigenvalue weighted by Crippen LogP contribution is -2.47. The first-order valence-electron chi connectivity index (χ1n) is 8.54. The van der Waals surface area contributed by atoms with Crippen LogP contribution in [0, 0.1) is 0 Å². The van der Waals surface area contributed by atoms with Crippen LogP contribution in [0.1, 0.15) is 18.5 Å². The molecule has 0 aliphatic carbocycles. The van der Waals surface area contributed by atoms with Gasteiger partial charge in [0.15, 0.2) is 8.68 Å². The van der Waals surface area contributed by atoms with Crippen molar-refractivity contribution in [2.75, 3.05) is 25.7 Å². The zero-order chi connectivity index (χ0) is 20.1. The van der Waals surface area contributed by atoms with E-state index in [4.69, 9.17) is 4.74 Å². The van der Waals surface area contributed by atoms with Crippen LogP contribution in [0.4, 0.5) is 4.79 Å². The Morgan fingerprint density at radius 3 is 2.57 bits per heavy atom. The quantitative estimate of drug-likeness (QED) is 0.525. The second-order valence-corrected chi connectivity index (χ2v) is 9.47. The molecule has 1 unspecified atom stereocenters. The fourth-order valence-corrected chi connectivity index (χ4v) is 5.75. The maximum atomic E-state index is 12.6. The monoisotopic (exact) mass is 436 g/mol. The minimum absolute atomic E-state index is 0.267. The van der Waals surface area contributed by atoms with E-state index in [1.807, 2.05) is 30.3 Å². The molecule has 0 radical (unpaired) electrons. The van der Waals surface area contributed by atoms with Crippen molar-refractivity contribution < 1.29 is 14.3 Å². The highest BCUT2D eigenvalue weighted by Gasteiger charge is 2.36. The van der Waals surface area contributed by atoms with E-state index in [0.29, 0.717) is 17.0 Å². The van der Waals surface area contributed by atoms with E-state index in [2.05, 4.69) is 22.4 Å². The van der Waals surface area contributed by atoms with Crippen LogP contribution in [0.15, 0.2) is 50.3 Å². The Labute approximate surface area is 175 Å². The Hall–Kier alpha value is -2.04. The molecule has 1 aliphatic rings. The molecule has 0 spiro atoms. The third-order valence-electron chi connectivity index (χ3n) is 4.10. The number of hydrogen-bond donors (Lipinski definition) is 1. The smallest absolute Gasteiger partial charge is 0.338 e. The van der Waals surface area contributed by atoms with Crippen molar-refractivity contribution in [3.8, 4) is 0 Å².